The standard InChI is InChI=1S/C20H21ClN2O2/c1-2-18(24)22-16-8-4-9-17(13-16)23-19(25)20(10-5-11-20)14-6-3-7-15(21)12-14/h3-4,6-9,12-13H,2,5,10-11H2,1H3,(H,22,24)(H,23,25). The van der Waals surface area contributed by atoms with E-state index in [1.807, 2.05) is 36.4 Å². The second kappa shape index (κ2) is 7.28. The van der Waals surface area contributed by atoms with Gasteiger partial charge in [0.15, 0.2) is 0 Å². The smallest absolute Gasteiger partial charge is 0.235 e. The lowest BCUT2D eigenvalue weighted by atomic mass is 9.64. The van der Waals surface area contributed by atoms with E-state index >= 15 is 0 Å². The largest absolute Gasteiger partial charge is 0.326 e. The lowest BCUT2D eigenvalue weighted by Crippen LogP contribution is -2.46. The highest BCUT2D eigenvalue weighted by Crippen LogP contribution is 2.45. The van der Waals surface area contributed by atoms with E-state index in [0.717, 1.165) is 24.8 Å². The van der Waals surface area contributed by atoms with Crippen LogP contribution in [0.2, 0.25) is 5.02 Å². The second-order valence-corrected chi connectivity index (χ2v) is 6.82. The fraction of sp³-hybridized carbons (Fsp3) is 0.300. The number of nitrogens with one attached hydrogen (secondary N) is 2. The number of carbonyl (C=O) groups is 2. The number of hydrogen-bond donors (Lipinski definition) is 2. The van der Waals surface area contributed by atoms with E-state index in [2.05, 4.69) is 10.6 Å². The van der Waals surface area contributed by atoms with E-state index in [9.17, 15) is 9.59 Å². The van der Waals surface area contributed by atoms with Crippen LogP contribution in [0.5, 0.6) is 0 Å². The van der Waals surface area contributed by atoms with Crippen LogP contribution in [0.15, 0.2) is 48.5 Å². The van der Waals surface area contributed by atoms with E-state index < -0.39 is 5.41 Å². The van der Waals surface area contributed by atoms with Crippen molar-refractivity contribution < 1.29 is 9.59 Å². The molecule has 0 heterocycles. The normalized spacial score (nSPS) is 15.1. The predicted octanol–water partition coefficient (Wildman–Crippen LogP) is 4.75. The van der Waals surface area contributed by atoms with Crippen LogP contribution in [-0.4, -0.2) is 11.8 Å². The molecule has 0 saturated heterocycles. The molecule has 0 spiro atoms. The van der Waals surface area contributed by atoms with Gasteiger partial charge >= 0.3 is 0 Å². The third kappa shape index (κ3) is 3.69. The monoisotopic (exact) mass is 356 g/mol. The van der Waals surface area contributed by atoms with Crippen molar-refractivity contribution in [2.45, 2.75) is 38.0 Å². The average molecular weight is 357 g/mol. The topological polar surface area (TPSA) is 58.2 Å². The van der Waals surface area contributed by atoms with Crippen molar-refractivity contribution in [3.63, 3.8) is 0 Å². The Kier molecular flexibility index (Phi) is 5.09. The Balaban J connectivity index is 1.79. The first-order chi connectivity index (χ1) is 12.0. The third-order valence-corrected chi connectivity index (χ3v) is 4.98. The first-order valence-electron chi connectivity index (χ1n) is 8.51. The minimum Gasteiger partial charge on any atom is -0.326 e. The number of halogens is 1. The molecule has 130 valence electrons. The summed E-state index contributed by atoms with van der Waals surface area (Å²) in [5.41, 5.74) is 1.79. The van der Waals surface area contributed by atoms with Crippen LogP contribution in [0, 0.1) is 0 Å². The van der Waals surface area contributed by atoms with E-state index in [4.69, 9.17) is 11.6 Å². The number of amides is 2. The van der Waals surface area contributed by atoms with E-state index in [1.54, 1.807) is 19.1 Å². The van der Waals surface area contributed by atoms with Crippen molar-refractivity contribution in [1.29, 1.82) is 0 Å². The molecule has 0 aliphatic heterocycles. The van der Waals surface area contributed by atoms with Crippen LogP contribution in [0.1, 0.15) is 38.2 Å². The molecule has 0 unspecified atom stereocenters. The number of benzene rings is 2. The molecule has 1 aliphatic carbocycles. The quantitative estimate of drug-likeness (QED) is 0.812. The van der Waals surface area contributed by atoms with Gasteiger partial charge in [-0.25, -0.2) is 0 Å². The van der Waals surface area contributed by atoms with Crippen molar-refractivity contribution in [2.75, 3.05) is 10.6 Å². The highest BCUT2D eigenvalue weighted by atomic mass is 35.5. The molecule has 1 fully saturated rings. The molecule has 5 heteroatoms. The van der Waals surface area contributed by atoms with Gasteiger partial charge in [0.1, 0.15) is 0 Å². The van der Waals surface area contributed by atoms with Crippen LogP contribution in [0.25, 0.3) is 0 Å². The number of anilines is 2. The van der Waals surface area contributed by atoms with Crippen LogP contribution in [-0.2, 0) is 15.0 Å². The SMILES string of the molecule is CCC(=O)Nc1cccc(NC(=O)C2(c3cccc(Cl)c3)CCC2)c1. The van der Waals surface area contributed by atoms with Gasteiger partial charge in [0.05, 0.1) is 5.41 Å². The average Bonchev–Trinajstić information content (AvgIpc) is 2.54. The summed E-state index contributed by atoms with van der Waals surface area (Å²) in [4.78, 5) is 24.5. The Morgan fingerprint density at radius 2 is 1.72 bits per heavy atom. The third-order valence-electron chi connectivity index (χ3n) is 4.74. The van der Waals surface area contributed by atoms with E-state index in [0.29, 0.717) is 22.8 Å². The summed E-state index contributed by atoms with van der Waals surface area (Å²) in [6.07, 6.45) is 3.05. The molecular formula is C20H21ClN2O2. The first-order valence-corrected chi connectivity index (χ1v) is 8.89. The highest BCUT2D eigenvalue weighted by Gasteiger charge is 2.45. The number of carbonyl (C=O) groups excluding carboxylic acids is 2. The van der Waals surface area contributed by atoms with Gasteiger partial charge in [-0.15, -0.1) is 0 Å². The summed E-state index contributed by atoms with van der Waals surface area (Å²) in [6.45, 7) is 1.80. The van der Waals surface area contributed by atoms with Crippen LogP contribution in [0.4, 0.5) is 11.4 Å². The summed E-state index contributed by atoms with van der Waals surface area (Å²) in [6, 6.07) is 14.7. The van der Waals surface area contributed by atoms with Crippen molar-refractivity contribution in [2.24, 2.45) is 0 Å². The Bertz CT molecular complexity index is 800. The Labute approximate surface area is 152 Å². The first kappa shape index (κ1) is 17.5. The second-order valence-electron chi connectivity index (χ2n) is 6.38. The van der Waals surface area contributed by atoms with Gasteiger partial charge in [-0.05, 0) is 48.7 Å². The molecule has 2 amide bonds. The van der Waals surface area contributed by atoms with Crippen molar-refractivity contribution in [1.82, 2.24) is 0 Å². The lowest BCUT2D eigenvalue weighted by molar-refractivity contribution is -0.124. The van der Waals surface area contributed by atoms with Gasteiger partial charge in [-0.2, -0.15) is 0 Å². The fourth-order valence-corrected chi connectivity index (χ4v) is 3.33. The molecule has 1 saturated carbocycles. The maximum atomic E-state index is 13.0. The maximum absolute atomic E-state index is 13.0. The molecule has 2 N–H and O–H groups in total. The van der Waals surface area contributed by atoms with Gasteiger partial charge in [0.25, 0.3) is 0 Å². The van der Waals surface area contributed by atoms with Gasteiger partial charge in [-0.3, -0.25) is 9.59 Å². The molecular weight excluding hydrogens is 336 g/mol. The molecule has 2 aromatic carbocycles. The zero-order chi connectivity index (χ0) is 17.9. The number of hydrogen-bond acceptors (Lipinski definition) is 2. The van der Waals surface area contributed by atoms with Gasteiger partial charge in [-0.1, -0.05) is 43.1 Å². The molecule has 0 radical (unpaired) electrons. The fourth-order valence-electron chi connectivity index (χ4n) is 3.14. The van der Waals surface area contributed by atoms with E-state index in [1.165, 1.54) is 0 Å². The van der Waals surface area contributed by atoms with E-state index in [-0.39, 0.29) is 11.8 Å². The van der Waals surface area contributed by atoms with Crippen LogP contribution >= 0.6 is 11.6 Å². The number of rotatable bonds is 5. The summed E-state index contributed by atoms with van der Waals surface area (Å²) >= 11 is 6.11. The minimum atomic E-state index is -0.520. The highest BCUT2D eigenvalue weighted by molar-refractivity contribution is 6.30. The molecule has 1 aliphatic rings. The molecule has 2 aromatic rings. The Morgan fingerprint density at radius 1 is 1.04 bits per heavy atom. The van der Waals surface area contributed by atoms with Crippen molar-refractivity contribution in [3.05, 3.63) is 59.1 Å². The summed E-state index contributed by atoms with van der Waals surface area (Å²) < 4.78 is 0. The zero-order valence-corrected chi connectivity index (χ0v) is 14.9. The van der Waals surface area contributed by atoms with Crippen molar-refractivity contribution >= 4 is 34.8 Å². The lowest BCUT2D eigenvalue weighted by Gasteiger charge is -2.40. The van der Waals surface area contributed by atoms with Crippen LogP contribution < -0.4 is 10.6 Å². The Morgan fingerprint density at radius 3 is 2.32 bits per heavy atom. The molecule has 4 nitrogen and oxygen atoms in total. The summed E-state index contributed by atoms with van der Waals surface area (Å²) in [5, 5.41) is 6.44. The molecule has 0 bridgehead atoms. The van der Waals surface area contributed by atoms with Gasteiger partial charge in [0, 0.05) is 22.8 Å². The predicted molar refractivity (Wildman–Crippen MR) is 101 cm³/mol. The zero-order valence-electron chi connectivity index (χ0n) is 14.1. The van der Waals surface area contributed by atoms with Gasteiger partial charge < -0.3 is 10.6 Å². The molecule has 0 atom stereocenters. The van der Waals surface area contributed by atoms with Crippen LogP contribution in [0.3, 0.4) is 0 Å². The summed E-state index contributed by atoms with van der Waals surface area (Å²) in [5.74, 6) is -0.0853. The maximum Gasteiger partial charge on any atom is 0.235 e. The molecule has 3 rings (SSSR count). The van der Waals surface area contributed by atoms with Gasteiger partial charge in [0.2, 0.25) is 11.8 Å². The molecule has 25 heavy (non-hydrogen) atoms. The minimum absolute atomic E-state index is 0.0278. The summed E-state index contributed by atoms with van der Waals surface area (Å²) in [7, 11) is 0. The Hall–Kier alpha value is -2.33. The molecule has 0 aromatic heterocycles. The van der Waals surface area contributed by atoms with Crippen molar-refractivity contribution in [3.8, 4) is 0 Å².